The van der Waals surface area contributed by atoms with Crippen LogP contribution in [0.25, 0.3) is 0 Å². The molecule has 0 aromatic heterocycles. The molecule has 0 heterocycles. The van der Waals surface area contributed by atoms with Gasteiger partial charge in [-0.1, -0.05) is 41.5 Å². The molecular weight excluding hydrogens is 168 g/mol. The van der Waals surface area contributed by atoms with Crippen LogP contribution >= 0.6 is 0 Å². The maximum absolute atomic E-state index is 3.34. The van der Waals surface area contributed by atoms with E-state index >= 15 is 0 Å². The molecule has 0 heteroatoms. The summed E-state index contributed by atoms with van der Waals surface area (Å²) in [5, 5.41) is 0. The highest BCUT2D eigenvalue weighted by atomic mass is 14.3. The first-order chi connectivity index (χ1) is 6.42. The molecular formula is C14H26. The van der Waals surface area contributed by atoms with Gasteiger partial charge in [0, 0.05) is 12.8 Å². The molecule has 0 aromatic rings. The minimum atomic E-state index is 0.407. The lowest BCUT2D eigenvalue weighted by Crippen LogP contribution is -2.21. The Kier molecular flexibility index (Phi) is 5.93. The van der Waals surface area contributed by atoms with E-state index in [0.29, 0.717) is 11.3 Å². The summed E-state index contributed by atoms with van der Waals surface area (Å²) in [6.45, 7) is 13.7. The fourth-order valence-electron chi connectivity index (χ4n) is 1.28. The topological polar surface area (TPSA) is 0 Å². The SMILES string of the molecule is CCC(C)(CC#CCC(C)C)C(C)C. The van der Waals surface area contributed by atoms with Crippen LogP contribution in [0, 0.1) is 29.1 Å². The standard InChI is InChI=1S/C14H26/c1-7-14(6,13(4)5)11-9-8-10-12(2)3/h12-13H,7,10-11H2,1-6H3. The molecule has 0 spiro atoms. The summed E-state index contributed by atoms with van der Waals surface area (Å²) < 4.78 is 0. The van der Waals surface area contributed by atoms with Crippen molar-refractivity contribution in [2.45, 2.75) is 60.8 Å². The van der Waals surface area contributed by atoms with E-state index in [1.165, 1.54) is 6.42 Å². The molecule has 1 atom stereocenters. The van der Waals surface area contributed by atoms with Gasteiger partial charge < -0.3 is 0 Å². The number of rotatable bonds is 4. The fourth-order valence-corrected chi connectivity index (χ4v) is 1.28. The second kappa shape index (κ2) is 6.12. The second-order valence-electron chi connectivity index (χ2n) is 5.29. The van der Waals surface area contributed by atoms with Crippen molar-refractivity contribution in [2.75, 3.05) is 0 Å². The van der Waals surface area contributed by atoms with Crippen molar-refractivity contribution in [1.82, 2.24) is 0 Å². The fraction of sp³-hybridized carbons (Fsp3) is 0.857. The largest absolute Gasteiger partial charge is 0.103 e. The van der Waals surface area contributed by atoms with Gasteiger partial charge in [0.1, 0.15) is 0 Å². The maximum atomic E-state index is 3.34. The van der Waals surface area contributed by atoms with Gasteiger partial charge in [0.25, 0.3) is 0 Å². The summed E-state index contributed by atoms with van der Waals surface area (Å²) >= 11 is 0. The van der Waals surface area contributed by atoms with E-state index < -0.39 is 0 Å². The predicted molar refractivity (Wildman–Crippen MR) is 65.1 cm³/mol. The Morgan fingerprint density at radius 1 is 1.07 bits per heavy atom. The first kappa shape index (κ1) is 13.6. The van der Waals surface area contributed by atoms with Gasteiger partial charge in [-0.15, -0.1) is 11.8 Å². The molecule has 0 fully saturated rings. The third-order valence-electron chi connectivity index (χ3n) is 3.33. The molecule has 14 heavy (non-hydrogen) atoms. The van der Waals surface area contributed by atoms with Gasteiger partial charge in [0.15, 0.2) is 0 Å². The summed E-state index contributed by atoms with van der Waals surface area (Å²) in [4.78, 5) is 0. The number of hydrogen-bond donors (Lipinski definition) is 0. The maximum Gasteiger partial charge on any atom is 0.0145 e. The average Bonchev–Trinajstić information content (AvgIpc) is 2.11. The molecule has 0 radical (unpaired) electrons. The zero-order valence-corrected chi connectivity index (χ0v) is 10.8. The van der Waals surface area contributed by atoms with Crippen LogP contribution < -0.4 is 0 Å². The third kappa shape index (κ3) is 4.70. The van der Waals surface area contributed by atoms with Crippen LogP contribution in [0.1, 0.15) is 60.8 Å². The third-order valence-corrected chi connectivity index (χ3v) is 3.33. The van der Waals surface area contributed by atoms with Gasteiger partial charge in [0.2, 0.25) is 0 Å². The lowest BCUT2D eigenvalue weighted by molar-refractivity contribution is 0.216. The van der Waals surface area contributed by atoms with Gasteiger partial charge in [0.05, 0.1) is 0 Å². The first-order valence-corrected chi connectivity index (χ1v) is 5.88. The highest BCUT2D eigenvalue weighted by Crippen LogP contribution is 2.33. The Balaban J connectivity index is 4.11. The molecule has 0 aliphatic carbocycles. The summed E-state index contributed by atoms with van der Waals surface area (Å²) in [6.07, 6.45) is 3.31. The normalized spacial score (nSPS) is 15.1. The van der Waals surface area contributed by atoms with Gasteiger partial charge in [-0.05, 0) is 23.7 Å². The molecule has 0 saturated heterocycles. The quantitative estimate of drug-likeness (QED) is 0.578. The van der Waals surface area contributed by atoms with Crippen LogP contribution in [0.4, 0.5) is 0 Å². The van der Waals surface area contributed by atoms with Gasteiger partial charge in [-0.25, -0.2) is 0 Å². The summed E-state index contributed by atoms with van der Waals surface area (Å²) in [5.74, 6) is 8.05. The van der Waals surface area contributed by atoms with Crippen molar-refractivity contribution in [1.29, 1.82) is 0 Å². The lowest BCUT2D eigenvalue weighted by atomic mass is 9.74. The van der Waals surface area contributed by atoms with E-state index in [1.807, 2.05) is 0 Å². The highest BCUT2D eigenvalue weighted by molar-refractivity contribution is 5.03. The first-order valence-electron chi connectivity index (χ1n) is 5.88. The molecule has 0 bridgehead atoms. The zero-order chi connectivity index (χ0) is 11.2. The summed E-state index contributed by atoms with van der Waals surface area (Å²) in [7, 11) is 0. The molecule has 82 valence electrons. The lowest BCUT2D eigenvalue weighted by Gasteiger charge is -2.30. The molecule has 0 saturated carbocycles. The Hall–Kier alpha value is -0.440. The Morgan fingerprint density at radius 3 is 2.00 bits per heavy atom. The van der Waals surface area contributed by atoms with Crippen molar-refractivity contribution in [3.8, 4) is 11.8 Å². The zero-order valence-electron chi connectivity index (χ0n) is 10.8. The molecule has 0 aliphatic heterocycles. The van der Waals surface area contributed by atoms with E-state index in [9.17, 15) is 0 Å². The summed E-state index contributed by atoms with van der Waals surface area (Å²) in [5.41, 5.74) is 0.407. The van der Waals surface area contributed by atoms with E-state index in [2.05, 4.69) is 53.4 Å². The van der Waals surface area contributed by atoms with Gasteiger partial charge in [-0.2, -0.15) is 0 Å². The van der Waals surface area contributed by atoms with Gasteiger partial charge in [-0.3, -0.25) is 0 Å². The number of hydrogen-bond acceptors (Lipinski definition) is 0. The summed E-state index contributed by atoms with van der Waals surface area (Å²) in [6, 6.07) is 0. The van der Waals surface area contributed by atoms with Crippen molar-refractivity contribution in [3.05, 3.63) is 0 Å². The van der Waals surface area contributed by atoms with Crippen molar-refractivity contribution in [3.63, 3.8) is 0 Å². The Bertz CT molecular complexity index is 202. The molecule has 0 aromatic carbocycles. The van der Waals surface area contributed by atoms with Crippen LogP contribution in [0.2, 0.25) is 0 Å². The van der Waals surface area contributed by atoms with E-state index in [0.717, 1.165) is 18.8 Å². The van der Waals surface area contributed by atoms with Gasteiger partial charge >= 0.3 is 0 Å². The van der Waals surface area contributed by atoms with Crippen LogP contribution in [-0.4, -0.2) is 0 Å². The smallest absolute Gasteiger partial charge is 0.0145 e. The minimum Gasteiger partial charge on any atom is -0.103 e. The van der Waals surface area contributed by atoms with Crippen molar-refractivity contribution in [2.24, 2.45) is 17.3 Å². The van der Waals surface area contributed by atoms with Crippen LogP contribution in [0.5, 0.6) is 0 Å². The molecule has 0 N–H and O–H groups in total. The van der Waals surface area contributed by atoms with Crippen LogP contribution in [0.15, 0.2) is 0 Å². The predicted octanol–water partition coefficient (Wildman–Crippen LogP) is 4.50. The molecule has 0 amide bonds. The van der Waals surface area contributed by atoms with E-state index in [1.54, 1.807) is 0 Å². The van der Waals surface area contributed by atoms with E-state index in [-0.39, 0.29) is 0 Å². The average molecular weight is 194 g/mol. The van der Waals surface area contributed by atoms with Crippen LogP contribution in [-0.2, 0) is 0 Å². The molecule has 0 aliphatic rings. The monoisotopic (exact) mass is 194 g/mol. The molecule has 0 nitrogen and oxygen atoms in total. The van der Waals surface area contributed by atoms with Crippen molar-refractivity contribution >= 4 is 0 Å². The second-order valence-corrected chi connectivity index (χ2v) is 5.29. The minimum absolute atomic E-state index is 0.407. The molecule has 0 rings (SSSR count). The van der Waals surface area contributed by atoms with Crippen molar-refractivity contribution < 1.29 is 0 Å². The Morgan fingerprint density at radius 2 is 1.64 bits per heavy atom. The molecule has 1 unspecified atom stereocenters. The van der Waals surface area contributed by atoms with E-state index in [4.69, 9.17) is 0 Å². The Labute approximate surface area is 90.5 Å². The van der Waals surface area contributed by atoms with Crippen LogP contribution in [0.3, 0.4) is 0 Å². The highest BCUT2D eigenvalue weighted by Gasteiger charge is 2.24.